The quantitative estimate of drug-likeness (QED) is 0.844. The van der Waals surface area contributed by atoms with Gasteiger partial charge in [-0.15, -0.1) is 0 Å². The van der Waals surface area contributed by atoms with E-state index in [1.54, 1.807) is 0 Å². The molecule has 1 aliphatic heterocycles. The minimum absolute atomic E-state index is 0.0582. The van der Waals surface area contributed by atoms with Crippen LogP contribution in [-0.4, -0.2) is 61.0 Å². The highest BCUT2D eigenvalue weighted by atomic mass is 16.2. The van der Waals surface area contributed by atoms with Crippen LogP contribution >= 0.6 is 0 Å². The lowest BCUT2D eigenvalue weighted by Crippen LogP contribution is -2.57. The Morgan fingerprint density at radius 3 is 2.57 bits per heavy atom. The van der Waals surface area contributed by atoms with Crippen molar-refractivity contribution in [2.24, 2.45) is 5.92 Å². The summed E-state index contributed by atoms with van der Waals surface area (Å²) in [5, 5.41) is 3.54. The van der Waals surface area contributed by atoms with E-state index in [-0.39, 0.29) is 17.5 Å². The zero-order valence-electron chi connectivity index (χ0n) is 14.3. The van der Waals surface area contributed by atoms with E-state index in [1.165, 1.54) is 25.7 Å². The summed E-state index contributed by atoms with van der Waals surface area (Å²) in [5.41, 5.74) is 0.219. The van der Waals surface area contributed by atoms with Crippen LogP contribution in [0.1, 0.15) is 52.4 Å². The Balaban J connectivity index is 1.90. The summed E-state index contributed by atoms with van der Waals surface area (Å²) in [5.74, 6) is 1.07. The molecule has 4 nitrogen and oxygen atoms in total. The molecule has 122 valence electrons. The van der Waals surface area contributed by atoms with Crippen molar-refractivity contribution in [3.63, 3.8) is 0 Å². The summed E-state index contributed by atoms with van der Waals surface area (Å²) < 4.78 is 0. The smallest absolute Gasteiger partial charge is 0.239 e. The molecule has 4 heteroatoms. The van der Waals surface area contributed by atoms with Crippen molar-refractivity contribution in [3.05, 3.63) is 0 Å². The summed E-state index contributed by atoms with van der Waals surface area (Å²) in [4.78, 5) is 16.8. The Morgan fingerprint density at radius 1 is 1.33 bits per heavy atom. The molecule has 0 spiro atoms. The first-order valence-electron chi connectivity index (χ1n) is 8.64. The molecule has 2 rings (SSSR count). The Labute approximate surface area is 130 Å². The molecule has 1 aliphatic carbocycles. The van der Waals surface area contributed by atoms with E-state index in [2.05, 4.69) is 31.2 Å². The third kappa shape index (κ3) is 3.98. The van der Waals surface area contributed by atoms with Gasteiger partial charge in [-0.3, -0.25) is 4.79 Å². The maximum atomic E-state index is 12.4. The number of nitrogens with one attached hydrogen (secondary N) is 1. The molecule has 1 saturated heterocycles. The first-order valence-corrected chi connectivity index (χ1v) is 8.64. The van der Waals surface area contributed by atoms with Gasteiger partial charge in [0, 0.05) is 25.2 Å². The minimum Gasteiger partial charge on any atom is -0.341 e. The fourth-order valence-electron chi connectivity index (χ4n) is 4.00. The summed E-state index contributed by atoms with van der Waals surface area (Å²) in [7, 11) is 4.37. The third-order valence-corrected chi connectivity index (χ3v) is 5.54. The van der Waals surface area contributed by atoms with E-state index in [9.17, 15) is 4.79 Å². The second kappa shape index (κ2) is 7.10. The van der Waals surface area contributed by atoms with Crippen LogP contribution in [0.2, 0.25) is 0 Å². The molecule has 2 fully saturated rings. The van der Waals surface area contributed by atoms with Gasteiger partial charge in [-0.2, -0.15) is 0 Å². The van der Waals surface area contributed by atoms with Crippen molar-refractivity contribution in [2.45, 2.75) is 64.0 Å². The van der Waals surface area contributed by atoms with Crippen LogP contribution in [0.5, 0.6) is 0 Å². The Morgan fingerprint density at radius 2 is 2.00 bits per heavy atom. The van der Waals surface area contributed by atoms with Crippen molar-refractivity contribution < 1.29 is 4.79 Å². The number of amides is 1. The number of rotatable bonds is 5. The third-order valence-electron chi connectivity index (χ3n) is 5.54. The molecule has 21 heavy (non-hydrogen) atoms. The maximum absolute atomic E-state index is 12.4. The molecule has 1 saturated carbocycles. The first kappa shape index (κ1) is 16.8. The van der Waals surface area contributed by atoms with Gasteiger partial charge in [-0.05, 0) is 52.6 Å². The van der Waals surface area contributed by atoms with E-state index < -0.39 is 0 Å². The second-order valence-electron chi connectivity index (χ2n) is 7.46. The van der Waals surface area contributed by atoms with E-state index >= 15 is 0 Å². The topological polar surface area (TPSA) is 35.6 Å². The van der Waals surface area contributed by atoms with Gasteiger partial charge in [0.1, 0.15) is 0 Å². The minimum atomic E-state index is -0.0582. The first-order chi connectivity index (χ1) is 9.94. The number of likely N-dealkylation sites (tertiary alicyclic amines) is 1. The molecule has 3 unspecified atom stereocenters. The van der Waals surface area contributed by atoms with Crippen LogP contribution in [0.15, 0.2) is 0 Å². The van der Waals surface area contributed by atoms with Crippen LogP contribution in [-0.2, 0) is 4.79 Å². The molecule has 1 heterocycles. The molecule has 0 radical (unpaired) electrons. The van der Waals surface area contributed by atoms with Crippen molar-refractivity contribution in [1.29, 1.82) is 0 Å². The van der Waals surface area contributed by atoms with Gasteiger partial charge in [-0.25, -0.2) is 0 Å². The van der Waals surface area contributed by atoms with Crippen LogP contribution in [0.4, 0.5) is 0 Å². The van der Waals surface area contributed by atoms with Gasteiger partial charge >= 0.3 is 0 Å². The predicted octanol–water partition coefficient (Wildman–Crippen LogP) is 2.10. The SMILES string of the molecule is CC1CCCC(CNC(C)C(=O)N2CCCC2)(N(C)C)C1. The molecule has 0 aromatic heterocycles. The molecule has 0 aromatic carbocycles. The summed E-state index contributed by atoms with van der Waals surface area (Å²) in [6.07, 6.45) is 7.45. The summed E-state index contributed by atoms with van der Waals surface area (Å²) in [6, 6.07) is -0.0582. The number of hydrogen-bond acceptors (Lipinski definition) is 3. The van der Waals surface area contributed by atoms with Gasteiger partial charge in [0.05, 0.1) is 6.04 Å². The number of hydrogen-bond donors (Lipinski definition) is 1. The fraction of sp³-hybridized carbons (Fsp3) is 0.941. The molecule has 1 N–H and O–H groups in total. The normalized spacial score (nSPS) is 31.7. The van der Waals surface area contributed by atoms with Gasteiger partial charge in [0.2, 0.25) is 5.91 Å². The highest BCUT2D eigenvalue weighted by Crippen LogP contribution is 2.35. The monoisotopic (exact) mass is 295 g/mol. The molecule has 3 atom stereocenters. The lowest BCUT2D eigenvalue weighted by Gasteiger charge is -2.46. The Bertz CT molecular complexity index is 352. The van der Waals surface area contributed by atoms with Gasteiger partial charge in [-0.1, -0.05) is 19.8 Å². The lowest BCUT2D eigenvalue weighted by atomic mass is 9.75. The number of carbonyl (C=O) groups is 1. The Hall–Kier alpha value is -0.610. The van der Waals surface area contributed by atoms with Gasteiger partial charge in [0.25, 0.3) is 0 Å². The van der Waals surface area contributed by atoms with Crippen LogP contribution in [0.3, 0.4) is 0 Å². The van der Waals surface area contributed by atoms with Crippen molar-refractivity contribution in [3.8, 4) is 0 Å². The van der Waals surface area contributed by atoms with Gasteiger partial charge in [0.15, 0.2) is 0 Å². The molecular formula is C17H33N3O. The Kier molecular flexibility index (Phi) is 5.67. The molecule has 0 bridgehead atoms. The van der Waals surface area contributed by atoms with E-state index in [4.69, 9.17) is 0 Å². The molecular weight excluding hydrogens is 262 g/mol. The summed E-state index contributed by atoms with van der Waals surface area (Å²) >= 11 is 0. The van der Waals surface area contributed by atoms with Crippen molar-refractivity contribution in [2.75, 3.05) is 33.7 Å². The van der Waals surface area contributed by atoms with Crippen LogP contribution in [0.25, 0.3) is 0 Å². The van der Waals surface area contributed by atoms with E-state index in [1.807, 2.05) is 11.8 Å². The highest BCUT2D eigenvalue weighted by Gasteiger charge is 2.37. The molecule has 0 aromatic rings. The van der Waals surface area contributed by atoms with Crippen LogP contribution < -0.4 is 5.32 Å². The maximum Gasteiger partial charge on any atom is 0.239 e. The average Bonchev–Trinajstić information content (AvgIpc) is 2.98. The van der Waals surface area contributed by atoms with Gasteiger partial charge < -0.3 is 15.1 Å². The lowest BCUT2D eigenvalue weighted by molar-refractivity contribution is -0.132. The van der Waals surface area contributed by atoms with E-state index in [0.717, 1.165) is 38.4 Å². The fourth-order valence-corrected chi connectivity index (χ4v) is 4.00. The second-order valence-corrected chi connectivity index (χ2v) is 7.46. The van der Waals surface area contributed by atoms with Crippen LogP contribution in [0, 0.1) is 5.92 Å². The average molecular weight is 295 g/mol. The molecule has 2 aliphatic rings. The number of carbonyl (C=O) groups excluding carboxylic acids is 1. The van der Waals surface area contributed by atoms with Crippen molar-refractivity contribution >= 4 is 5.91 Å². The zero-order chi connectivity index (χ0) is 15.5. The zero-order valence-corrected chi connectivity index (χ0v) is 14.3. The highest BCUT2D eigenvalue weighted by molar-refractivity contribution is 5.81. The largest absolute Gasteiger partial charge is 0.341 e. The predicted molar refractivity (Wildman–Crippen MR) is 87.3 cm³/mol. The summed E-state index contributed by atoms with van der Waals surface area (Å²) in [6.45, 7) is 7.19. The van der Waals surface area contributed by atoms with Crippen molar-refractivity contribution in [1.82, 2.24) is 15.1 Å². The number of likely N-dealkylation sites (N-methyl/N-ethyl adjacent to an activating group) is 1. The van der Waals surface area contributed by atoms with E-state index in [0.29, 0.717) is 0 Å². The standard InChI is InChI=1S/C17H33N3O/c1-14-8-7-9-17(12-14,19(3)4)13-18-15(2)16(21)20-10-5-6-11-20/h14-15,18H,5-13H2,1-4H3. The molecule has 1 amide bonds. The number of nitrogens with zero attached hydrogens (tertiary/aromatic N) is 2.